The van der Waals surface area contributed by atoms with Crippen molar-refractivity contribution in [3.63, 3.8) is 0 Å². The Morgan fingerprint density at radius 1 is 0.917 bits per heavy atom. The number of aryl methyl sites for hydroxylation is 1. The van der Waals surface area contributed by atoms with Gasteiger partial charge in [-0.15, -0.1) is 5.10 Å². The van der Waals surface area contributed by atoms with E-state index in [0.717, 1.165) is 16.8 Å². The molecule has 1 N–H and O–H groups in total. The van der Waals surface area contributed by atoms with Crippen LogP contribution in [0, 0.1) is 6.92 Å². The molecular weight excluding hydrogens is 324 g/mol. The minimum absolute atomic E-state index is 0.196. The van der Waals surface area contributed by atoms with Gasteiger partial charge in [0.2, 0.25) is 0 Å². The fourth-order valence-electron chi connectivity index (χ4n) is 2.53. The number of aromatic nitrogens is 2. The Bertz CT molecular complexity index is 983. The molecule has 1 heterocycles. The highest BCUT2D eigenvalue weighted by atomic mass is 32.2. The normalized spacial score (nSPS) is 11.5. The molecule has 0 amide bonds. The van der Waals surface area contributed by atoms with Crippen molar-refractivity contribution >= 4 is 32.3 Å². The molecular formula is C17H18N4O2S. The number of sulfonamides is 1. The van der Waals surface area contributed by atoms with Crippen LogP contribution in [0.5, 0.6) is 0 Å². The first-order valence-electron chi connectivity index (χ1n) is 7.41. The quantitative estimate of drug-likeness (QED) is 0.789. The summed E-state index contributed by atoms with van der Waals surface area (Å²) < 4.78 is 28.1. The maximum atomic E-state index is 12.8. The lowest BCUT2D eigenvalue weighted by Crippen LogP contribution is -2.15. The largest absolute Gasteiger partial charge is 0.377 e. The molecule has 7 heteroatoms. The number of hydrogen-bond acceptors (Lipinski definition) is 5. The van der Waals surface area contributed by atoms with E-state index >= 15 is 0 Å². The van der Waals surface area contributed by atoms with Crippen molar-refractivity contribution in [3.05, 3.63) is 54.2 Å². The van der Waals surface area contributed by atoms with Crippen molar-refractivity contribution in [2.45, 2.75) is 11.8 Å². The van der Waals surface area contributed by atoms with Crippen molar-refractivity contribution in [2.75, 3.05) is 23.7 Å². The van der Waals surface area contributed by atoms with Crippen LogP contribution in [-0.2, 0) is 10.0 Å². The smallest absolute Gasteiger partial charge is 0.263 e. The summed E-state index contributed by atoms with van der Waals surface area (Å²) in [6.45, 7) is 1.79. The van der Waals surface area contributed by atoms with Crippen LogP contribution >= 0.6 is 0 Å². The first kappa shape index (κ1) is 16.2. The van der Waals surface area contributed by atoms with Gasteiger partial charge in [-0.2, -0.15) is 5.10 Å². The van der Waals surface area contributed by atoms with Crippen LogP contribution < -0.4 is 9.62 Å². The monoisotopic (exact) mass is 342 g/mol. The molecule has 6 nitrogen and oxygen atoms in total. The van der Waals surface area contributed by atoms with E-state index in [1.165, 1.54) is 0 Å². The standard InChI is InChI=1S/C17H18N4O2S/c1-12-10-11-17(19-18-12)20-24(22,23)16-9-5-6-13-14(16)7-4-8-15(13)21(2)3/h4-11H,1-3H3,(H,19,20). The van der Waals surface area contributed by atoms with Gasteiger partial charge < -0.3 is 4.90 Å². The Morgan fingerprint density at radius 2 is 1.62 bits per heavy atom. The van der Waals surface area contributed by atoms with Crippen molar-refractivity contribution in [2.24, 2.45) is 0 Å². The number of rotatable bonds is 4. The molecule has 0 aliphatic rings. The first-order chi connectivity index (χ1) is 11.4. The fourth-order valence-corrected chi connectivity index (χ4v) is 3.75. The minimum Gasteiger partial charge on any atom is -0.377 e. The van der Waals surface area contributed by atoms with E-state index in [9.17, 15) is 8.42 Å². The maximum Gasteiger partial charge on any atom is 0.263 e. The van der Waals surface area contributed by atoms with Crippen LogP contribution in [0.25, 0.3) is 10.8 Å². The second kappa shape index (κ2) is 6.09. The summed E-state index contributed by atoms with van der Waals surface area (Å²) in [7, 11) is 0.0871. The fraction of sp³-hybridized carbons (Fsp3) is 0.176. The molecule has 0 aliphatic heterocycles. The summed E-state index contributed by atoms with van der Waals surface area (Å²) in [5.41, 5.74) is 1.68. The Labute approximate surface area is 141 Å². The molecule has 1 aromatic heterocycles. The maximum absolute atomic E-state index is 12.8. The lowest BCUT2D eigenvalue weighted by molar-refractivity contribution is 0.601. The van der Waals surface area contributed by atoms with Gasteiger partial charge in [-0.25, -0.2) is 8.42 Å². The predicted octanol–water partition coefficient (Wildman–Crippen LogP) is 2.81. The third-order valence-electron chi connectivity index (χ3n) is 3.67. The third-order valence-corrected chi connectivity index (χ3v) is 5.08. The summed E-state index contributed by atoms with van der Waals surface area (Å²) in [6.07, 6.45) is 0. The second-order valence-electron chi connectivity index (χ2n) is 5.69. The van der Waals surface area contributed by atoms with Gasteiger partial charge in [-0.3, -0.25) is 4.72 Å². The van der Waals surface area contributed by atoms with E-state index in [2.05, 4.69) is 14.9 Å². The van der Waals surface area contributed by atoms with Crippen LogP contribution in [0.3, 0.4) is 0 Å². The number of hydrogen-bond donors (Lipinski definition) is 1. The Hall–Kier alpha value is -2.67. The molecule has 0 aliphatic carbocycles. The van der Waals surface area contributed by atoms with Crippen molar-refractivity contribution in [1.29, 1.82) is 0 Å². The van der Waals surface area contributed by atoms with Gasteiger partial charge in [-0.1, -0.05) is 24.3 Å². The molecule has 0 bridgehead atoms. The summed E-state index contributed by atoms with van der Waals surface area (Å²) in [5, 5.41) is 9.28. The molecule has 3 aromatic rings. The van der Waals surface area contributed by atoms with Gasteiger partial charge in [0.15, 0.2) is 5.82 Å². The molecule has 0 fully saturated rings. The zero-order valence-corrected chi connectivity index (χ0v) is 14.5. The Balaban J connectivity index is 2.11. The molecule has 0 spiro atoms. The van der Waals surface area contributed by atoms with E-state index < -0.39 is 10.0 Å². The molecule has 0 unspecified atom stereocenters. The molecule has 3 rings (SSSR count). The molecule has 24 heavy (non-hydrogen) atoms. The summed E-state index contributed by atoms with van der Waals surface area (Å²) in [5.74, 6) is 0.196. The molecule has 0 radical (unpaired) electrons. The number of nitrogens with one attached hydrogen (secondary N) is 1. The molecule has 0 saturated heterocycles. The average molecular weight is 342 g/mol. The van der Waals surface area contributed by atoms with Gasteiger partial charge in [-0.05, 0) is 31.2 Å². The Morgan fingerprint density at radius 3 is 2.29 bits per heavy atom. The zero-order valence-electron chi connectivity index (χ0n) is 13.7. The summed E-state index contributed by atoms with van der Waals surface area (Å²) in [4.78, 5) is 2.17. The lowest BCUT2D eigenvalue weighted by Gasteiger charge is -2.17. The molecule has 2 aromatic carbocycles. The van der Waals surface area contributed by atoms with Crippen LogP contribution in [0.2, 0.25) is 0 Å². The summed E-state index contributed by atoms with van der Waals surface area (Å²) in [6, 6.07) is 14.2. The van der Waals surface area contributed by atoms with E-state index in [-0.39, 0.29) is 10.7 Å². The molecule has 0 atom stereocenters. The van der Waals surface area contributed by atoms with Crippen molar-refractivity contribution in [1.82, 2.24) is 10.2 Å². The van der Waals surface area contributed by atoms with Gasteiger partial charge >= 0.3 is 0 Å². The topological polar surface area (TPSA) is 75.2 Å². The SMILES string of the molecule is Cc1ccc(NS(=O)(=O)c2cccc3c(N(C)C)cccc23)nn1. The predicted molar refractivity (Wildman–Crippen MR) is 95.9 cm³/mol. The van der Waals surface area contributed by atoms with E-state index in [4.69, 9.17) is 0 Å². The number of fused-ring (bicyclic) bond motifs is 1. The highest BCUT2D eigenvalue weighted by Gasteiger charge is 2.19. The molecule has 124 valence electrons. The Kier molecular flexibility index (Phi) is 4.11. The first-order valence-corrected chi connectivity index (χ1v) is 8.89. The van der Waals surface area contributed by atoms with Crippen molar-refractivity contribution < 1.29 is 8.42 Å². The second-order valence-corrected chi connectivity index (χ2v) is 7.34. The highest BCUT2D eigenvalue weighted by Crippen LogP contribution is 2.30. The summed E-state index contributed by atoms with van der Waals surface area (Å²) >= 11 is 0. The van der Waals surface area contributed by atoms with Crippen molar-refractivity contribution in [3.8, 4) is 0 Å². The van der Waals surface area contributed by atoms with E-state index in [1.54, 1.807) is 37.3 Å². The van der Waals surface area contributed by atoms with Crippen LogP contribution in [0.1, 0.15) is 5.69 Å². The van der Waals surface area contributed by atoms with Gasteiger partial charge in [0.05, 0.1) is 10.6 Å². The van der Waals surface area contributed by atoms with Gasteiger partial charge in [0.1, 0.15) is 0 Å². The van der Waals surface area contributed by atoms with Crippen LogP contribution in [-0.4, -0.2) is 32.7 Å². The zero-order chi connectivity index (χ0) is 17.3. The lowest BCUT2D eigenvalue weighted by atomic mass is 10.1. The third kappa shape index (κ3) is 3.03. The minimum atomic E-state index is -3.77. The number of anilines is 2. The van der Waals surface area contributed by atoms with E-state index in [1.807, 2.05) is 37.2 Å². The van der Waals surface area contributed by atoms with Crippen LogP contribution in [0.15, 0.2) is 53.4 Å². The van der Waals surface area contributed by atoms with Gasteiger partial charge in [0.25, 0.3) is 10.0 Å². The number of benzene rings is 2. The highest BCUT2D eigenvalue weighted by molar-refractivity contribution is 7.93. The number of nitrogens with zero attached hydrogens (tertiary/aromatic N) is 3. The van der Waals surface area contributed by atoms with Crippen LogP contribution in [0.4, 0.5) is 11.5 Å². The average Bonchev–Trinajstić information content (AvgIpc) is 2.55. The van der Waals surface area contributed by atoms with Gasteiger partial charge in [0, 0.05) is 30.6 Å². The van der Waals surface area contributed by atoms with E-state index in [0.29, 0.717) is 5.39 Å². The molecule has 0 saturated carbocycles.